The molecule has 0 saturated carbocycles. The fourth-order valence-electron chi connectivity index (χ4n) is 4.10. The molecule has 5 aromatic carbocycles. The monoisotopic (exact) mass is 502 g/mol. The van der Waals surface area contributed by atoms with Crippen LogP contribution in [0.1, 0.15) is 21.5 Å². The Morgan fingerprint density at radius 3 is 1.74 bits per heavy atom. The second-order valence-corrected chi connectivity index (χ2v) is 8.61. The smallest absolute Gasteiger partial charge is 0.326 e. The van der Waals surface area contributed by atoms with Gasteiger partial charge in [0.1, 0.15) is 30.3 Å². The van der Waals surface area contributed by atoms with E-state index in [0.717, 1.165) is 21.9 Å². The number of hydrogen-bond donors (Lipinski definition) is 2. The van der Waals surface area contributed by atoms with E-state index >= 15 is 0 Å². The molecule has 0 spiro atoms. The molecule has 5 aromatic rings. The van der Waals surface area contributed by atoms with E-state index < -0.39 is 11.9 Å². The van der Waals surface area contributed by atoms with Crippen molar-refractivity contribution in [3.8, 4) is 11.5 Å². The van der Waals surface area contributed by atoms with E-state index in [-0.39, 0.29) is 18.8 Å². The lowest BCUT2D eigenvalue weighted by Crippen LogP contribution is -2.35. The van der Waals surface area contributed by atoms with Crippen LogP contribution in [0.3, 0.4) is 0 Å². The normalized spacial score (nSPS) is 10.5. The fraction of sp³-hybridized carbons (Fsp3) is 0.0625. The molecule has 0 radical (unpaired) electrons. The molecule has 0 atom stereocenters. The summed E-state index contributed by atoms with van der Waals surface area (Å²) in [7, 11) is 0. The summed E-state index contributed by atoms with van der Waals surface area (Å²) in [6.45, 7) is 0.511. The zero-order chi connectivity index (χ0) is 26.2. The molecular weight excluding hydrogens is 476 g/mol. The fourth-order valence-corrected chi connectivity index (χ4v) is 4.10. The van der Waals surface area contributed by atoms with Gasteiger partial charge in [-0.25, -0.2) is 4.79 Å². The Labute approximate surface area is 220 Å². The van der Waals surface area contributed by atoms with Crippen molar-refractivity contribution in [3.63, 3.8) is 0 Å². The first-order valence-corrected chi connectivity index (χ1v) is 12.2. The molecular formula is C32H26N2O4. The van der Waals surface area contributed by atoms with Crippen LogP contribution in [-0.2, 0) is 13.2 Å². The van der Waals surface area contributed by atoms with Crippen LogP contribution >= 0.6 is 0 Å². The Bertz CT molecular complexity index is 1490. The second kappa shape index (κ2) is 11.8. The number of carbonyl (C=O) groups excluding carboxylic acids is 2. The number of hydrogen-bond acceptors (Lipinski definition) is 4. The van der Waals surface area contributed by atoms with Crippen molar-refractivity contribution in [1.29, 1.82) is 0 Å². The highest BCUT2D eigenvalue weighted by molar-refractivity contribution is 6.12. The van der Waals surface area contributed by atoms with E-state index in [1.54, 1.807) is 24.3 Å². The molecule has 5 rings (SSSR count). The van der Waals surface area contributed by atoms with Gasteiger partial charge in [0.2, 0.25) is 0 Å². The zero-order valence-corrected chi connectivity index (χ0v) is 20.6. The third-order valence-corrected chi connectivity index (χ3v) is 5.95. The van der Waals surface area contributed by atoms with E-state index in [4.69, 9.17) is 9.47 Å². The summed E-state index contributed by atoms with van der Waals surface area (Å²) in [6.07, 6.45) is 0. The zero-order valence-electron chi connectivity index (χ0n) is 20.6. The number of carbonyl (C=O) groups is 2. The summed E-state index contributed by atoms with van der Waals surface area (Å²) in [5, 5.41) is 7.08. The van der Waals surface area contributed by atoms with Crippen LogP contribution in [0.2, 0.25) is 0 Å². The van der Waals surface area contributed by atoms with Crippen molar-refractivity contribution >= 4 is 28.4 Å². The Morgan fingerprint density at radius 2 is 1.11 bits per heavy atom. The van der Waals surface area contributed by atoms with Gasteiger partial charge in [-0.1, -0.05) is 103 Å². The largest absolute Gasteiger partial charge is 0.488 e. The first kappa shape index (κ1) is 24.6. The minimum atomic E-state index is -0.654. The predicted octanol–water partition coefficient (Wildman–Crippen LogP) is 6.96. The average molecular weight is 503 g/mol. The highest BCUT2D eigenvalue weighted by atomic mass is 16.5. The summed E-state index contributed by atoms with van der Waals surface area (Å²) >= 11 is 0. The summed E-state index contributed by atoms with van der Waals surface area (Å²) in [4.78, 5) is 26.3. The molecule has 3 amide bonds. The third kappa shape index (κ3) is 5.99. The standard InChI is InChI=1S/C32H26N2O4/c35-31(34-32(36)33-27-18-9-16-25-15-7-8-17-26(25)27)30-28(37-21-23-11-3-1-4-12-23)19-10-20-29(30)38-22-24-13-5-2-6-14-24/h1-20H,21-22H2,(H2,33,34,35,36). The van der Waals surface area contributed by atoms with Gasteiger partial charge in [-0.3, -0.25) is 10.1 Å². The van der Waals surface area contributed by atoms with Crippen molar-refractivity contribution in [3.05, 3.63) is 138 Å². The number of fused-ring (bicyclic) bond motifs is 1. The van der Waals surface area contributed by atoms with Gasteiger partial charge < -0.3 is 14.8 Å². The lowest BCUT2D eigenvalue weighted by atomic mass is 10.1. The summed E-state index contributed by atoms with van der Waals surface area (Å²) in [5.41, 5.74) is 2.64. The molecule has 0 aliphatic carbocycles. The molecule has 0 unspecified atom stereocenters. The van der Waals surface area contributed by atoms with Crippen molar-refractivity contribution in [2.45, 2.75) is 13.2 Å². The first-order valence-electron chi connectivity index (χ1n) is 12.2. The Kier molecular flexibility index (Phi) is 7.61. The van der Waals surface area contributed by atoms with Crippen LogP contribution in [0.15, 0.2) is 121 Å². The molecule has 6 nitrogen and oxygen atoms in total. The van der Waals surface area contributed by atoms with Crippen LogP contribution in [-0.4, -0.2) is 11.9 Å². The van der Waals surface area contributed by atoms with E-state index in [1.807, 2.05) is 97.1 Å². The molecule has 0 heterocycles. The Morgan fingerprint density at radius 1 is 0.579 bits per heavy atom. The van der Waals surface area contributed by atoms with Crippen LogP contribution in [0, 0.1) is 0 Å². The summed E-state index contributed by atoms with van der Waals surface area (Å²) < 4.78 is 12.0. The van der Waals surface area contributed by atoms with E-state index in [9.17, 15) is 9.59 Å². The van der Waals surface area contributed by atoms with Gasteiger partial charge in [0.15, 0.2) is 0 Å². The molecule has 38 heavy (non-hydrogen) atoms. The first-order chi connectivity index (χ1) is 18.7. The summed E-state index contributed by atoms with van der Waals surface area (Å²) in [5.74, 6) is -0.000730. The quantitative estimate of drug-likeness (QED) is 0.240. The minimum Gasteiger partial charge on any atom is -0.488 e. The second-order valence-electron chi connectivity index (χ2n) is 8.61. The molecule has 188 valence electrons. The van der Waals surface area contributed by atoms with Crippen molar-refractivity contribution in [1.82, 2.24) is 5.32 Å². The van der Waals surface area contributed by atoms with Gasteiger partial charge in [0, 0.05) is 5.39 Å². The molecule has 0 aliphatic rings. The van der Waals surface area contributed by atoms with Crippen LogP contribution in [0.5, 0.6) is 11.5 Å². The van der Waals surface area contributed by atoms with E-state index in [0.29, 0.717) is 17.2 Å². The molecule has 0 aromatic heterocycles. The molecule has 0 fully saturated rings. The van der Waals surface area contributed by atoms with E-state index in [2.05, 4.69) is 10.6 Å². The van der Waals surface area contributed by atoms with Crippen molar-refractivity contribution < 1.29 is 19.1 Å². The highest BCUT2D eigenvalue weighted by Crippen LogP contribution is 2.30. The number of rotatable bonds is 8. The molecule has 2 N–H and O–H groups in total. The number of nitrogens with one attached hydrogen (secondary N) is 2. The average Bonchev–Trinajstić information content (AvgIpc) is 2.96. The third-order valence-electron chi connectivity index (χ3n) is 5.95. The minimum absolute atomic E-state index is 0.146. The topological polar surface area (TPSA) is 76.7 Å². The lowest BCUT2D eigenvalue weighted by Gasteiger charge is -2.16. The maximum Gasteiger partial charge on any atom is 0.326 e. The molecule has 0 aliphatic heterocycles. The van der Waals surface area contributed by atoms with Gasteiger partial charge in [-0.05, 0) is 34.7 Å². The Hall–Kier alpha value is -5.10. The van der Waals surface area contributed by atoms with Crippen molar-refractivity contribution in [2.75, 3.05) is 5.32 Å². The molecule has 6 heteroatoms. The number of benzene rings is 5. The van der Waals surface area contributed by atoms with E-state index in [1.165, 1.54) is 0 Å². The van der Waals surface area contributed by atoms with Gasteiger partial charge >= 0.3 is 6.03 Å². The van der Waals surface area contributed by atoms with Crippen LogP contribution in [0.4, 0.5) is 10.5 Å². The predicted molar refractivity (Wildman–Crippen MR) is 148 cm³/mol. The molecule has 0 saturated heterocycles. The number of anilines is 1. The maximum absolute atomic E-state index is 13.4. The van der Waals surface area contributed by atoms with Gasteiger partial charge in [0.05, 0.1) is 5.69 Å². The summed E-state index contributed by atoms with van der Waals surface area (Å²) in [6, 6.07) is 37.1. The maximum atomic E-state index is 13.4. The Balaban J connectivity index is 1.38. The van der Waals surface area contributed by atoms with Gasteiger partial charge in [-0.2, -0.15) is 0 Å². The number of ether oxygens (including phenoxy) is 2. The number of amides is 3. The van der Waals surface area contributed by atoms with Gasteiger partial charge in [0.25, 0.3) is 5.91 Å². The lowest BCUT2D eigenvalue weighted by molar-refractivity contribution is 0.0957. The SMILES string of the molecule is O=C(NC(=O)c1c(OCc2ccccc2)cccc1OCc1ccccc1)Nc1cccc2ccccc12. The number of urea groups is 1. The van der Waals surface area contributed by atoms with Crippen molar-refractivity contribution in [2.24, 2.45) is 0 Å². The van der Waals surface area contributed by atoms with Crippen LogP contribution < -0.4 is 20.1 Å². The number of imide groups is 1. The highest BCUT2D eigenvalue weighted by Gasteiger charge is 2.22. The molecule has 0 bridgehead atoms. The van der Waals surface area contributed by atoms with Crippen LogP contribution in [0.25, 0.3) is 10.8 Å². The van der Waals surface area contributed by atoms with Gasteiger partial charge in [-0.15, -0.1) is 0 Å².